The first-order chi connectivity index (χ1) is 18.1. The molecule has 1 amide bonds. The van der Waals surface area contributed by atoms with E-state index >= 15 is 0 Å². The molecule has 0 aliphatic carbocycles. The van der Waals surface area contributed by atoms with Crippen LogP contribution in [-0.2, 0) is 19.1 Å². The fourth-order valence-electron chi connectivity index (χ4n) is 2.94. The van der Waals surface area contributed by atoms with Crippen molar-refractivity contribution >= 4 is 18.3 Å². The number of carbonyl (C=O) groups is 3. The van der Waals surface area contributed by atoms with Gasteiger partial charge in [0.2, 0.25) is 6.41 Å². The number of allylic oxidation sites excluding steroid dienone is 4. The number of carbonyl (C=O) groups excluding carboxylic acids is 2. The van der Waals surface area contributed by atoms with Crippen molar-refractivity contribution < 1.29 is 34.4 Å². The number of nitrogens with one attached hydrogen (secondary N) is 1. The number of cyclic esters (lactones) is 1. The minimum atomic E-state index is -0.833. The molecular weight excluding hydrogens is 490 g/mol. The Morgan fingerprint density at radius 3 is 2.45 bits per heavy atom. The molecule has 1 aliphatic rings. The van der Waals surface area contributed by atoms with Gasteiger partial charge in [0.25, 0.3) is 5.97 Å². The number of amides is 1. The van der Waals surface area contributed by atoms with Gasteiger partial charge in [-0.25, -0.2) is 0 Å². The Morgan fingerprint density at radius 2 is 1.95 bits per heavy atom. The normalized spacial score (nSPS) is 20.4. The van der Waals surface area contributed by atoms with E-state index in [1.165, 1.54) is 0 Å². The number of aliphatic carboxylic acids is 1. The zero-order chi connectivity index (χ0) is 29.6. The lowest BCUT2D eigenvalue weighted by Gasteiger charge is -2.19. The van der Waals surface area contributed by atoms with Gasteiger partial charge < -0.3 is 31.1 Å². The molecule has 10 heteroatoms. The van der Waals surface area contributed by atoms with Crippen LogP contribution in [-0.4, -0.2) is 90.6 Å². The van der Waals surface area contributed by atoms with Crippen LogP contribution in [0.1, 0.15) is 59.8 Å². The number of ether oxygens (including phenoxy) is 1. The largest absolute Gasteiger partial charge is 0.481 e. The predicted molar refractivity (Wildman–Crippen MR) is 152 cm³/mol. The van der Waals surface area contributed by atoms with Crippen molar-refractivity contribution in [2.75, 3.05) is 45.9 Å². The number of rotatable bonds is 10. The summed E-state index contributed by atoms with van der Waals surface area (Å²) in [6.07, 6.45) is 14.1. The summed E-state index contributed by atoms with van der Waals surface area (Å²) in [5.74, 6) is -0.303. The molecule has 1 rings (SSSR count). The smallest absolute Gasteiger partial charge is 0.308 e. The third-order valence-corrected chi connectivity index (χ3v) is 4.93. The van der Waals surface area contributed by atoms with Crippen molar-refractivity contribution in [3.8, 4) is 0 Å². The Morgan fingerprint density at radius 1 is 1.29 bits per heavy atom. The molecule has 1 heterocycles. The first kappa shape index (κ1) is 40.0. The number of esters is 1. The number of aliphatic hydroxyl groups excluding tert-OH is 2. The van der Waals surface area contributed by atoms with E-state index in [1.54, 1.807) is 6.08 Å². The van der Waals surface area contributed by atoms with E-state index in [4.69, 9.17) is 25.5 Å². The van der Waals surface area contributed by atoms with Crippen LogP contribution in [0, 0.1) is 11.8 Å². The van der Waals surface area contributed by atoms with Crippen molar-refractivity contribution in [1.29, 1.82) is 0 Å². The van der Waals surface area contributed by atoms with Gasteiger partial charge in [-0.1, -0.05) is 57.7 Å². The molecule has 0 saturated carbocycles. The van der Waals surface area contributed by atoms with Gasteiger partial charge in [0.1, 0.15) is 0 Å². The summed E-state index contributed by atoms with van der Waals surface area (Å²) in [4.78, 5) is 32.2. The van der Waals surface area contributed by atoms with Crippen LogP contribution in [0.3, 0.4) is 0 Å². The number of nitrogens with zero attached hydrogens (tertiary/aromatic N) is 1. The van der Waals surface area contributed by atoms with Crippen molar-refractivity contribution in [3.63, 3.8) is 0 Å². The van der Waals surface area contributed by atoms with Crippen LogP contribution in [0.5, 0.6) is 0 Å². The number of hydrogen-bond acceptors (Lipinski definition) is 8. The second kappa shape index (κ2) is 30.7. The SMILES string of the molecule is C=C/C=C/CC.CC(=O)O.CC1/C=C/CC(C)CCC(O)CC(=O)OC1.NCCN(CCO)CCNC=O. The highest BCUT2D eigenvalue weighted by atomic mass is 16.5. The zero-order valence-electron chi connectivity index (χ0n) is 23.9. The monoisotopic (exact) mass is 543 g/mol. The number of hydrogen-bond donors (Lipinski definition) is 5. The first-order valence-corrected chi connectivity index (χ1v) is 13.2. The molecule has 3 atom stereocenters. The molecule has 10 nitrogen and oxygen atoms in total. The summed E-state index contributed by atoms with van der Waals surface area (Å²) in [5.41, 5.74) is 5.35. The van der Waals surface area contributed by atoms with Crippen LogP contribution in [0.25, 0.3) is 0 Å². The van der Waals surface area contributed by atoms with E-state index in [0.717, 1.165) is 39.3 Å². The highest BCUT2D eigenvalue weighted by Gasteiger charge is 2.15. The van der Waals surface area contributed by atoms with E-state index in [2.05, 4.69) is 44.0 Å². The van der Waals surface area contributed by atoms with E-state index in [9.17, 15) is 14.7 Å². The van der Waals surface area contributed by atoms with Gasteiger partial charge in [0.15, 0.2) is 0 Å². The van der Waals surface area contributed by atoms with Crippen molar-refractivity contribution in [1.82, 2.24) is 10.2 Å². The topological polar surface area (TPSA) is 162 Å². The molecule has 0 aromatic heterocycles. The van der Waals surface area contributed by atoms with Crippen LogP contribution >= 0.6 is 0 Å². The summed E-state index contributed by atoms with van der Waals surface area (Å²) < 4.78 is 5.07. The number of carboxylic acids is 1. The molecule has 38 heavy (non-hydrogen) atoms. The lowest BCUT2D eigenvalue weighted by atomic mass is 9.97. The molecule has 6 N–H and O–H groups in total. The molecule has 0 bridgehead atoms. The fraction of sp³-hybridized carbons (Fsp3) is 0.679. The first-order valence-electron chi connectivity index (χ1n) is 13.2. The Labute approximate surface area is 229 Å². The standard InChI is InChI=1S/C13H22O3.C7H17N3O2.C6H10.C2H4O2/c1-10-4-3-5-11(2)9-16-13(15)8-12(14)7-6-10;8-1-3-10(5-6-11)4-2-9-7-12;1-3-5-6-4-2;1-2(3)4/h3,5,10-12,14H,4,6-9H2,1-2H3;7,11H,1-6,8H2,(H,9,12);3,5-6H,1,4H2,2H3;1H3,(H,3,4)/b5-3+;;6-5+;. The van der Waals surface area contributed by atoms with Crippen LogP contribution in [0.2, 0.25) is 0 Å². The van der Waals surface area contributed by atoms with Crippen molar-refractivity contribution in [3.05, 3.63) is 37.0 Å². The van der Waals surface area contributed by atoms with E-state index in [0.29, 0.717) is 45.0 Å². The van der Waals surface area contributed by atoms with Gasteiger partial charge in [0.05, 0.1) is 25.7 Å². The predicted octanol–water partition coefficient (Wildman–Crippen LogP) is 2.51. The van der Waals surface area contributed by atoms with Crippen LogP contribution in [0.15, 0.2) is 37.0 Å². The molecular formula is C28H53N3O7. The molecule has 0 saturated heterocycles. The minimum absolute atomic E-state index is 0.126. The minimum Gasteiger partial charge on any atom is -0.481 e. The molecule has 1 aliphatic heterocycles. The molecule has 0 spiro atoms. The lowest BCUT2D eigenvalue weighted by molar-refractivity contribution is -0.146. The molecule has 0 fully saturated rings. The average Bonchev–Trinajstić information content (AvgIpc) is 2.85. The van der Waals surface area contributed by atoms with Gasteiger partial charge in [-0.3, -0.25) is 19.3 Å². The maximum atomic E-state index is 11.3. The van der Waals surface area contributed by atoms with Gasteiger partial charge in [-0.15, -0.1) is 0 Å². The maximum absolute atomic E-state index is 11.3. The highest BCUT2D eigenvalue weighted by molar-refractivity contribution is 5.69. The maximum Gasteiger partial charge on any atom is 0.308 e. The summed E-state index contributed by atoms with van der Waals surface area (Å²) in [6.45, 7) is 14.7. The van der Waals surface area contributed by atoms with Gasteiger partial charge >= 0.3 is 5.97 Å². The number of nitrogens with two attached hydrogens (primary N) is 1. The Hall–Kier alpha value is -2.53. The van der Waals surface area contributed by atoms with Crippen LogP contribution in [0.4, 0.5) is 0 Å². The summed E-state index contributed by atoms with van der Waals surface area (Å²) in [5, 5.41) is 28.2. The molecule has 222 valence electrons. The summed E-state index contributed by atoms with van der Waals surface area (Å²) in [7, 11) is 0. The van der Waals surface area contributed by atoms with E-state index in [-0.39, 0.29) is 24.9 Å². The third kappa shape index (κ3) is 35.6. The van der Waals surface area contributed by atoms with Gasteiger partial charge in [-0.2, -0.15) is 0 Å². The Kier molecular flexibility index (Phi) is 32.3. The summed E-state index contributed by atoms with van der Waals surface area (Å²) in [6, 6.07) is 0. The highest BCUT2D eigenvalue weighted by Crippen LogP contribution is 2.16. The number of aliphatic hydroxyl groups is 2. The molecule has 3 unspecified atom stereocenters. The Bertz CT molecular complexity index is 632. The summed E-state index contributed by atoms with van der Waals surface area (Å²) >= 11 is 0. The lowest BCUT2D eigenvalue weighted by Crippen LogP contribution is -2.37. The van der Waals surface area contributed by atoms with Gasteiger partial charge in [-0.05, 0) is 31.6 Å². The van der Waals surface area contributed by atoms with E-state index in [1.807, 2.05) is 17.9 Å². The Balaban J connectivity index is -0.000000488. The van der Waals surface area contributed by atoms with Gasteiger partial charge in [0, 0.05) is 45.6 Å². The molecule has 0 radical (unpaired) electrons. The zero-order valence-corrected chi connectivity index (χ0v) is 23.9. The van der Waals surface area contributed by atoms with Crippen molar-refractivity contribution in [2.45, 2.75) is 65.9 Å². The fourth-order valence-corrected chi connectivity index (χ4v) is 2.94. The molecule has 0 aromatic rings. The quantitative estimate of drug-likeness (QED) is 0.0916. The average molecular weight is 544 g/mol. The van der Waals surface area contributed by atoms with E-state index < -0.39 is 12.1 Å². The second-order valence-electron chi connectivity index (χ2n) is 8.88. The van der Waals surface area contributed by atoms with Crippen LogP contribution < -0.4 is 11.1 Å². The third-order valence-electron chi connectivity index (χ3n) is 4.93. The second-order valence-corrected chi connectivity index (χ2v) is 8.88. The number of carboxylic acid groups (broad SMARTS) is 1. The molecule has 0 aromatic carbocycles. The van der Waals surface area contributed by atoms with Crippen molar-refractivity contribution in [2.24, 2.45) is 17.6 Å².